The summed E-state index contributed by atoms with van der Waals surface area (Å²) in [6, 6.07) is 16.6. The SMILES string of the molecule is CC(=O)N1CCCN(C(=O)c2ccc(Cn3cnnn3)cc2)CCNC(=O)CC1c1ccccc1. The molecule has 10 heteroatoms. The van der Waals surface area contributed by atoms with Crippen molar-refractivity contribution in [3.05, 3.63) is 77.6 Å². The van der Waals surface area contributed by atoms with Crippen LogP contribution >= 0.6 is 0 Å². The number of carbonyl (C=O) groups excluding carboxylic acids is 3. The third kappa shape index (κ3) is 6.28. The molecule has 1 unspecified atom stereocenters. The molecule has 0 radical (unpaired) electrons. The number of amides is 3. The van der Waals surface area contributed by atoms with Gasteiger partial charge in [-0.05, 0) is 40.1 Å². The van der Waals surface area contributed by atoms with E-state index in [0.29, 0.717) is 44.7 Å². The van der Waals surface area contributed by atoms with Gasteiger partial charge in [-0.25, -0.2) is 4.68 Å². The zero-order valence-corrected chi connectivity index (χ0v) is 19.7. The van der Waals surface area contributed by atoms with Gasteiger partial charge in [-0.1, -0.05) is 42.5 Å². The summed E-state index contributed by atoms with van der Waals surface area (Å²) in [5.41, 5.74) is 2.46. The van der Waals surface area contributed by atoms with Gasteiger partial charge in [0.2, 0.25) is 11.8 Å². The summed E-state index contributed by atoms with van der Waals surface area (Å²) < 4.78 is 1.61. The lowest BCUT2D eigenvalue weighted by Crippen LogP contribution is -2.39. The fourth-order valence-electron chi connectivity index (χ4n) is 4.32. The van der Waals surface area contributed by atoms with Crippen molar-refractivity contribution in [1.29, 1.82) is 0 Å². The first-order valence-electron chi connectivity index (χ1n) is 11.7. The van der Waals surface area contributed by atoms with Gasteiger partial charge in [-0.15, -0.1) is 5.10 Å². The van der Waals surface area contributed by atoms with Gasteiger partial charge in [-0.2, -0.15) is 0 Å². The Hall–Kier alpha value is -4.08. The minimum absolute atomic E-state index is 0.0954. The summed E-state index contributed by atoms with van der Waals surface area (Å²) in [4.78, 5) is 42.0. The molecule has 10 nitrogen and oxygen atoms in total. The van der Waals surface area contributed by atoms with Crippen molar-refractivity contribution in [3.63, 3.8) is 0 Å². The summed E-state index contributed by atoms with van der Waals surface area (Å²) in [5.74, 6) is -0.352. The van der Waals surface area contributed by atoms with E-state index in [2.05, 4.69) is 20.8 Å². The van der Waals surface area contributed by atoms with Crippen molar-refractivity contribution in [2.75, 3.05) is 26.2 Å². The topological polar surface area (TPSA) is 113 Å². The molecule has 0 aliphatic carbocycles. The Labute approximate surface area is 203 Å². The number of tetrazole rings is 1. The number of hydrogen-bond acceptors (Lipinski definition) is 6. The number of hydrogen-bond donors (Lipinski definition) is 1. The summed E-state index contributed by atoms with van der Waals surface area (Å²) >= 11 is 0. The third-order valence-corrected chi connectivity index (χ3v) is 6.10. The monoisotopic (exact) mass is 475 g/mol. The third-order valence-electron chi connectivity index (χ3n) is 6.10. The summed E-state index contributed by atoms with van der Waals surface area (Å²) in [6.45, 7) is 3.72. The number of carbonyl (C=O) groups is 3. The Morgan fingerprint density at radius 3 is 2.49 bits per heavy atom. The number of benzene rings is 2. The van der Waals surface area contributed by atoms with Gasteiger partial charge in [0.1, 0.15) is 6.33 Å². The number of nitrogens with one attached hydrogen (secondary N) is 1. The Morgan fingerprint density at radius 2 is 1.80 bits per heavy atom. The van der Waals surface area contributed by atoms with Crippen LogP contribution in [-0.2, 0) is 16.1 Å². The average molecular weight is 476 g/mol. The fraction of sp³-hybridized carbons (Fsp3) is 0.360. The van der Waals surface area contributed by atoms with Crippen LogP contribution in [0, 0.1) is 0 Å². The van der Waals surface area contributed by atoms with Crippen LogP contribution in [0.15, 0.2) is 60.9 Å². The largest absolute Gasteiger partial charge is 0.354 e. The van der Waals surface area contributed by atoms with Crippen molar-refractivity contribution in [2.24, 2.45) is 0 Å². The molecule has 1 N–H and O–H groups in total. The smallest absolute Gasteiger partial charge is 0.253 e. The van der Waals surface area contributed by atoms with Gasteiger partial charge in [0.05, 0.1) is 19.0 Å². The zero-order valence-electron chi connectivity index (χ0n) is 19.7. The van der Waals surface area contributed by atoms with Crippen LogP contribution < -0.4 is 5.32 Å². The van der Waals surface area contributed by atoms with Gasteiger partial charge >= 0.3 is 0 Å². The maximum Gasteiger partial charge on any atom is 0.253 e. The van der Waals surface area contributed by atoms with E-state index in [-0.39, 0.29) is 30.2 Å². The van der Waals surface area contributed by atoms with Crippen LogP contribution in [0.1, 0.15) is 47.3 Å². The highest BCUT2D eigenvalue weighted by Gasteiger charge is 2.27. The normalized spacial score (nSPS) is 17.4. The van der Waals surface area contributed by atoms with Crippen molar-refractivity contribution in [2.45, 2.75) is 32.4 Å². The van der Waals surface area contributed by atoms with Crippen LogP contribution in [0.25, 0.3) is 0 Å². The van der Waals surface area contributed by atoms with Gasteiger partial charge in [0.25, 0.3) is 5.91 Å². The van der Waals surface area contributed by atoms with Crippen LogP contribution in [0.3, 0.4) is 0 Å². The van der Waals surface area contributed by atoms with Gasteiger partial charge in [-0.3, -0.25) is 14.4 Å². The number of aromatic nitrogens is 4. The van der Waals surface area contributed by atoms with Gasteiger partial charge in [0.15, 0.2) is 0 Å². The molecule has 1 fully saturated rings. The zero-order chi connectivity index (χ0) is 24.6. The first-order chi connectivity index (χ1) is 17.0. The van der Waals surface area contributed by atoms with E-state index in [1.54, 1.807) is 26.6 Å². The molecule has 1 saturated heterocycles. The molecular formula is C25H29N7O3. The Kier molecular flexibility index (Phi) is 7.81. The lowest BCUT2D eigenvalue weighted by Gasteiger charge is -2.31. The first kappa shape index (κ1) is 24.1. The second-order valence-corrected chi connectivity index (χ2v) is 8.54. The van der Waals surface area contributed by atoms with Crippen LogP contribution in [0.4, 0.5) is 0 Å². The molecule has 1 aliphatic heterocycles. The van der Waals surface area contributed by atoms with Crippen molar-refractivity contribution < 1.29 is 14.4 Å². The highest BCUT2D eigenvalue weighted by Crippen LogP contribution is 2.25. The quantitative estimate of drug-likeness (QED) is 0.614. The summed E-state index contributed by atoms with van der Waals surface area (Å²) in [6.07, 6.45) is 2.33. The predicted octanol–water partition coefficient (Wildman–Crippen LogP) is 1.66. The maximum atomic E-state index is 13.3. The molecule has 2 aromatic carbocycles. The van der Waals surface area contributed by atoms with Crippen LogP contribution in [-0.4, -0.2) is 73.9 Å². The van der Waals surface area contributed by atoms with E-state index < -0.39 is 0 Å². The standard InChI is InChI=1S/C25H29N7O3/c1-19(33)32-14-5-13-30(15-12-26-24(34)16-23(32)21-6-3-2-4-7-21)25(35)22-10-8-20(9-11-22)17-31-18-27-28-29-31/h2-4,6-11,18,23H,5,12-17H2,1H3,(H,26,34). The Morgan fingerprint density at radius 1 is 1.03 bits per heavy atom. The molecule has 1 atom stereocenters. The molecule has 4 rings (SSSR count). The predicted molar refractivity (Wildman–Crippen MR) is 128 cm³/mol. The molecular weight excluding hydrogens is 446 g/mol. The summed E-state index contributed by atoms with van der Waals surface area (Å²) in [5, 5.41) is 14.0. The minimum Gasteiger partial charge on any atom is -0.354 e. The molecule has 1 aromatic heterocycles. The van der Waals surface area contributed by atoms with E-state index in [0.717, 1.165) is 11.1 Å². The molecule has 0 saturated carbocycles. The van der Waals surface area contributed by atoms with Gasteiger partial charge in [0, 0.05) is 38.7 Å². The van der Waals surface area contributed by atoms with E-state index in [1.807, 2.05) is 42.5 Å². The molecule has 0 bridgehead atoms. The molecule has 0 spiro atoms. The Balaban J connectivity index is 1.46. The average Bonchev–Trinajstić information content (AvgIpc) is 3.36. The molecule has 3 aromatic rings. The number of rotatable bonds is 4. The van der Waals surface area contributed by atoms with Crippen molar-refractivity contribution >= 4 is 17.7 Å². The minimum atomic E-state index is -0.344. The Bertz CT molecular complexity index is 1130. The second kappa shape index (κ2) is 11.4. The lowest BCUT2D eigenvalue weighted by molar-refractivity contribution is -0.132. The first-order valence-corrected chi connectivity index (χ1v) is 11.7. The molecule has 182 valence electrons. The highest BCUT2D eigenvalue weighted by molar-refractivity contribution is 5.94. The van der Waals surface area contributed by atoms with Crippen LogP contribution in [0.5, 0.6) is 0 Å². The van der Waals surface area contributed by atoms with E-state index >= 15 is 0 Å². The molecule has 3 amide bonds. The van der Waals surface area contributed by atoms with E-state index in [1.165, 1.54) is 13.3 Å². The number of nitrogens with zero attached hydrogens (tertiary/aromatic N) is 6. The van der Waals surface area contributed by atoms with Crippen molar-refractivity contribution in [3.8, 4) is 0 Å². The lowest BCUT2D eigenvalue weighted by atomic mass is 10.0. The second-order valence-electron chi connectivity index (χ2n) is 8.54. The highest BCUT2D eigenvalue weighted by atomic mass is 16.2. The van der Waals surface area contributed by atoms with Crippen molar-refractivity contribution in [1.82, 2.24) is 35.3 Å². The molecule has 2 heterocycles. The maximum absolute atomic E-state index is 13.3. The molecule has 1 aliphatic rings. The van der Waals surface area contributed by atoms with Gasteiger partial charge < -0.3 is 15.1 Å². The van der Waals surface area contributed by atoms with E-state index in [9.17, 15) is 14.4 Å². The molecule has 35 heavy (non-hydrogen) atoms. The summed E-state index contributed by atoms with van der Waals surface area (Å²) in [7, 11) is 0. The van der Waals surface area contributed by atoms with E-state index in [4.69, 9.17) is 0 Å². The van der Waals surface area contributed by atoms with Crippen LogP contribution in [0.2, 0.25) is 0 Å². The fourth-order valence-corrected chi connectivity index (χ4v) is 4.32.